The van der Waals surface area contributed by atoms with Crippen molar-refractivity contribution in [2.45, 2.75) is 13.8 Å². The summed E-state index contributed by atoms with van der Waals surface area (Å²) >= 11 is 0. The molecule has 0 fully saturated rings. The van der Waals surface area contributed by atoms with Crippen LogP contribution in [0.3, 0.4) is 0 Å². The number of nitrogens with one attached hydrogen (secondary N) is 1. The van der Waals surface area contributed by atoms with Crippen LogP contribution in [0.4, 0.5) is 0 Å². The number of imide groups is 1. The smallest absolute Gasteiger partial charge is 0.257 e. The van der Waals surface area contributed by atoms with Gasteiger partial charge >= 0.3 is 0 Å². The van der Waals surface area contributed by atoms with Gasteiger partial charge in [0.1, 0.15) is 0 Å². The Bertz CT molecular complexity index is 424. The van der Waals surface area contributed by atoms with Crippen LogP contribution in [-0.4, -0.2) is 17.6 Å². The van der Waals surface area contributed by atoms with Gasteiger partial charge in [-0.2, -0.15) is 0 Å². The van der Waals surface area contributed by atoms with Gasteiger partial charge in [-0.3, -0.25) is 19.7 Å². The summed E-state index contributed by atoms with van der Waals surface area (Å²) in [5.74, 6) is -1.04. The molecule has 15 heavy (non-hydrogen) atoms. The second-order valence-corrected chi connectivity index (χ2v) is 3.15. The highest BCUT2D eigenvalue weighted by Gasteiger charge is 2.08. The molecule has 78 valence electrons. The minimum absolute atomic E-state index is 0.118. The van der Waals surface area contributed by atoms with Crippen molar-refractivity contribution in [2.75, 3.05) is 0 Å². The third-order valence-corrected chi connectivity index (χ3v) is 1.82. The van der Waals surface area contributed by atoms with Crippen molar-refractivity contribution in [3.05, 3.63) is 35.4 Å². The highest BCUT2D eigenvalue weighted by molar-refractivity contribution is 6.05. The summed E-state index contributed by atoms with van der Waals surface area (Å²) in [4.78, 5) is 33.1. The van der Waals surface area contributed by atoms with Crippen molar-refractivity contribution in [3.63, 3.8) is 0 Å². The van der Waals surface area contributed by atoms with E-state index in [1.54, 1.807) is 18.2 Å². The summed E-state index contributed by atoms with van der Waals surface area (Å²) in [5.41, 5.74) is 0.754. The van der Waals surface area contributed by atoms with E-state index in [0.29, 0.717) is 11.1 Å². The molecule has 0 aliphatic rings. The Morgan fingerprint density at radius 2 is 1.67 bits per heavy atom. The molecule has 0 heterocycles. The Morgan fingerprint density at radius 3 is 2.20 bits per heavy atom. The Labute approximate surface area is 87.3 Å². The van der Waals surface area contributed by atoms with Gasteiger partial charge in [-0.15, -0.1) is 0 Å². The first-order valence-corrected chi connectivity index (χ1v) is 4.43. The van der Waals surface area contributed by atoms with Gasteiger partial charge in [-0.25, -0.2) is 0 Å². The zero-order chi connectivity index (χ0) is 11.4. The SMILES string of the molecule is CC(=O)NC(=O)c1cccc(C(C)=O)c1. The number of carbonyl (C=O) groups is 3. The molecular weight excluding hydrogens is 194 g/mol. The molecule has 4 nitrogen and oxygen atoms in total. The van der Waals surface area contributed by atoms with E-state index < -0.39 is 11.8 Å². The topological polar surface area (TPSA) is 63.2 Å². The zero-order valence-electron chi connectivity index (χ0n) is 8.53. The van der Waals surface area contributed by atoms with Gasteiger partial charge < -0.3 is 0 Å². The van der Waals surface area contributed by atoms with Crippen molar-refractivity contribution in [1.29, 1.82) is 0 Å². The van der Waals surface area contributed by atoms with E-state index in [9.17, 15) is 14.4 Å². The molecule has 0 aliphatic carbocycles. The average molecular weight is 205 g/mol. The summed E-state index contributed by atoms with van der Waals surface area (Å²) in [6, 6.07) is 6.23. The van der Waals surface area contributed by atoms with E-state index in [0.717, 1.165) is 0 Å². The zero-order valence-corrected chi connectivity index (χ0v) is 8.53. The number of benzene rings is 1. The predicted molar refractivity (Wildman–Crippen MR) is 54.6 cm³/mol. The van der Waals surface area contributed by atoms with Crippen LogP contribution in [0, 0.1) is 0 Å². The van der Waals surface area contributed by atoms with E-state index in [4.69, 9.17) is 0 Å². The lowest BCUT2D eigenvalue weighted by atomic mass is 10.1. The maximum Gasteiger partial charge on any atom is 0.257 e. The molecule has 2 amide bonds. The van der Waals surface area contributed by atoms with Crippen LogP contribution in [-0.2, 0) is 4.79 Å². The second kappa shape index (κ2) is 4.50. The summed E-state index contributed by atoms with van der Waals surface area (Å²) in [7, 11) is 0. The molecule has 1 aromatic rings. The lowest BCUT2D eigenvalue weighted by Gasteiger charge is -2.02. The predicted octanol–water partition coefficient (Wildman–Crippen LogP) is 1.17. The van der Waals surface area contributed by atoms with Crippen LogP contribution in [0.2, 0.25) is 0 Å². The van der Waals surface area contributed by atoms with Crippen molar-refractivity contribution >= 4 is 17.6 Å². The third-order valence-electron chi connectivity index (χ3n) is 1.82. The molecule has 1 aromatic carbocycles. The Hall–Kier alpha value is -1.97. The first-order valence-electron chi connectivity index (χ1n) is 4.43. The van der Waals surface area contributed by atoms with E-state index in [1.807, 2.05) is 0 Å². The minimum Gasteiger partial charge on any atom is -0.295 e. The normalized spacial score (nSPS) is 9.47. The molecule has 4 heteroatoms. The highest BCUT2D eigenvalue weighted by Crippen LogP contribution is 2.05. The van der Waals surface area contributed by atoms with E-state index in [1.165, 1.54) is 19.9 Å². The van der Waals surface area contributed by atoms with Gasteiger partial charge in [0.05, 0.1) is 0 Å². The Kier molecular flexibility index (Phi) is 3.33. The fraction of sp³-hybridized carbons (Fsp3) is 0.182. The molecule has 0 unspecified atom stereocenters. The molecule has 0 saturated carbocycles. The quantitative estimate of drug-likeness (QED) is 0.737. The lowest BCUT2D eigenvalue weighted by Crippen LogP contribution is -2.27. The number of ketones is 1. The summed E-state index contributed by atoms with van der Waals surface area (Å²) in [6.07, 6.45) is 0. The van der Waals surface area contributed by atoms with Gasteiger partial charge in [0.25, 0.3) is 5.91 Å². The molecule has 0 saturated heterocycles. The number of rotatable bonds is 2. The lowest BCUT2D eigenvalue weighted by molar-refractivity contribution is -0.118. The van der Waals surface area contributed by atoms with E-state index in [2.05, 4.69) is 5.32 Å². The van der Waals surface area contributed by atoms with Gasteiger partial charge in [0.2, 0.25) is 5.91 Å². The molecule has 0 radical (unpaired) electrons. The molecule has 0 aromatic heterocycles. The van der Waals surface area contributed by atoms with Crippen molar-refractivity contribution in [1.82, 2.24) is 5.32 Å². The van der Waals surface area contributed by atoms with Crippen molar-refractivity contribution in [2.24, 2.45) is 0 Å². The highest BCUT2D eigenvalue weighted by atomic mass is 16.2. The van der Waals surface area contributed by atoms with Gasteiger partial charge in [-0.05, 0) is 19.1 Å². The molecule has 0 atom stereocenters. The Morgan fingerprint density at radius 1 is 1.07 bits per heavy atom. The van der Waals surface area contributed by atoms with Crippen LogP contribution in [0.15, 0.2) is 24.3 Å². The first kappa shape index (κ1) is 11.1. The molecule has 1 rings (SSSR count). The number of hydrogen-bond acceptors (Lipinski definition) is 3. The maximum atomic E-state index is 11.4. The van der Waals surface area contributed by atoms with Gasteiger partial charge in [0.15, 0.2) is 5.78 Å². The molecule has 0 bridgehead atoms. The fourth-order valence-corrected chi connectivity index (χ4v) is 1.11. The third kappa shape index (κ3) is 3.02. The van der Waals surface area contributed by atoms with E-state index >= 15 is 0 Å². The first-order chi connectivity index (χ1) is 7.00. The van der Waals surface area contributed by atoms with Crippen LogP contribution in [0.25, 0.3) is 0 Å². The summed E-state index contributed by atoms with van der Waals surface area (Å²) < 4.78 is 0. The summed E-state index contributed by atoms with van der Waals surface area (Å²) in [5, 5.41) is 2.14. The standard InChI is InChI=1S/C11H11NO3/c1-7(13)9-4-3-5-10(6-9)11(15)12-8(2)14/h3-6H,1-2H3,(H,12,14,15). The van der Waals surface area contributed by atoms with Crippen LogP contribution in [0.5, 0.6) is 0 Å². The number of amides is 2. The van der Waals surface area contributed by atoms with E-state index in [-0.39, 0.29) is 5.78 Å². The van der Waals surface area contributed by atoms with Crippen LogP contribution >= 0.6 is 0 Å². The molecular formula is C11H11NO3. The number of Topliss-reactive ketones (excluding diaryl/α,β-unsaturated/α-hetero) is 1. The molecule has 0 spiro atoms. The molecule has 0 aliphatic heterocycles. The number of hydrogen-bond donors (Lipinski definition) is 1. The largest absolute Gasteiger partial charge is 0.295 e. The van der Waals surface area contributed by atoms with Gasteiger partial charge in [0, 0.05) is 18.1 Å². The van der Waals surface area contributed by atoms with Crippen molar-refractivity contribution < 1.29 is 14.4 Å². The minimum atomic E-state index is -0.495. The molecule has 1 N–H and O–H groups in total. The average Bonchev–Trinajstić information content (AvgIpc) is 2.17. The van der Waals surface area contributed by atoms with Crippen LogP contribution in [0.1, 0.15) is 34.6 Å². The van der Waals surface area contributed by atoms with Crippen LogP contribution < -0.4 is 5.32 Å². The van der Waals surface area contributed by atoms with Crippen molar-refractivity contribution in [3.8, 4) is 0 Å². The number of carbonyl (C=O) groups excluding carboxylic acids is 3. The fourth-order valence-electron chi connectivity index (χ4n) is 1.11. The second-order valence-electron chi connectivity index (χ2n) is 3.15. The maximum absolute atomic E-state index is 11.4. The monoisotopic (exact) mass is 205 g/mol. The summed E-state index contributed by atoms with van der Waals surface area (Å²) in [6.45, 7) is 2.68. The van der Waals surface area contributed by atoms with Gasteiger partial charge in [-0.1, -0.05) is 12.1 Å². The Balaban J connectivity index is 2.95.